The summed E-state index contributed by atoms with van der Waals surface area (Å²) in [5.74, 6) is -2.08. The molecule has 10 heteroatoms. The Kier molecular flexibility index (Phi) is 9.40. The van der Waals surface area contributed by atoms with E-state index in [0.29, 0.717) is 11.1 Å². The van der Waals surface area contributed by atoms with Gasteiger partial charge in [-0.2, -0.15) is 5.10 Å². The zero-order valence-electron chi connectivity index (χ0n) is 20.1. The summed E-state index contributed by atoms with van der Waals surface area (Å²) < 4.78 is 5.23. The van der Waals surface area contributed by atoms with Crippen LogP contribution in [0.2, 0.25) is 5.02 Å². The summed E-state index contributed by atoms with van der Waals surface area (Å²) >= 11 is 6.14. The Morgan fingerprint density at radius 2 is 1.68 bits per heavy atom. The average molecular weight is 521 g/mol. The molecule has 0 saturated carbocycles. The van der Waals surface area contributed by atoms with E-state index in [1.165, 1.54) is 12.3 Å². The smallest absolute Gasteiger partial charge is 0.341 e. The van der Waals surface area contributed by atoms with Crippen molar-refractivity contribution in [1.29, 1.82) is 0 Å². The summed E-state index contributed by atoms with van der Waals surface area (Å²) in [4.78, 5) is 38.6. The molecule has 9 nitrogen and oxygen atoms in total. The van der Waals surface area contributed by atoms with Crippen molar-refractivity contribution in [3.63, 3.8) is 0 Å². The highest BCUT2D eigenvalue weighted by Gasteiger charge is 2.16. The molecule has 2 amide bonds. The Hall–Kier alpha value is -4.63. The second-order valence-corrected chi connectivity index (χ2v) is 8.30. The van der Waals surface area contributed by atoms with Crippen LogP contribution in [0.5, 0.6) is 5.75 Å². The first-order valence-corrected chi connectivity index (χ1v) is 11.4. The number of carbonyl (C=O) groups excluding carboxylic acids is 2. The van der Waals surface area contributed by atoms with Crippen LogP contribution < -0.4 is 20.4 Å². The number of carboxylic acid groups (broad SMARTS) is 1. The molecule has 0 unspecified atom stereocenters. The number of carbonyl (C=O) groups is 3. The Bertz CT molecular complexity index is 1340. The number of aliphatic carboxylic acids is 1. The number of hydrogen-bond acceptors (Lipinski definition) is 6. The van der Waals surface area contributed by atoms with Gasteiger partial charge >= 0.3 is 5.97 Å². The molecule has 0 bridgehead atoms. The number of rotatable bonds is 10. The van der Waals surface area contributed by atoms with Crippen LogP contribution in [-0.2, 0) is 9.59 Å². The maximum atomic E-state index is 13.0. The minimum Gasteiger partial charge on any atom is -0.481 e. The van der Waals surface area contributed by atoms with Gasteiger partial charge in [-0.15, -0.1) is 0 Å². The highest BCUT2D eigenvalue weighted by atomic mass is 35.5. The number of ether oxygens (including phenoxy) is 1. The maximum Gasteiger partial charge on any atom is 0.341 e. The van der Waals surface area contributed by atoms with E-state index >= 15 is 0 Å². The molecule has 0 aliphatic heterocycles. The van der Waals surface area contributed by atoms with Crippen molar-refractivity contribution in [3.05, 3.63) is 100 Å². The van der Waals surface area contributed by atoms with E-state index in [4.69, 9.17) is 21.4 Å². The number of halogens is 1. The highest BCUT2D eigenvalue weighted by Crippen LogP contribution is 2.18. The molecule has 3 N–H and O–H groups in total. The summed E-state index contributed by atoms with van der Waals surface area (Å²) in [6.45, 7) is -0.523. The molecule has 0 saturated heterocycles. The Morgan fingerprint density at radius 1 is 1.00 bits per heavy atom. The van der Waals surface area contributed by atoms with Gasteiger partial charge in [-0.1, -0.05) is 48.0 Å². The van der Waals surface area contributed by atoms with E-state index in [9.17, 15) is 14.4 Å². The minimum atomic E-state index is -1.12. The third-order valence-electron chi connectivity index (χ3n) is 4.97. The van der Waals surface area contributed by atoms with Crippen molar-refractivity contribution in [2.24, 2.45) is 5.10 Å². The molecular formula is C27H25ClN4O5. The second-order valence-electron chi connectivity index (χ2n) is 7.90. The first-order chi connectivity index (χ1) is 17.7. The predicted octanol–water partition coefficient (Wildman–Crippen LogP) is 3.79. The molecule has 0 fully saturated rings. The summed E-state index contributed by atoms with van der Waals surface area (Å²) in [7, 11) is 3.83. The van der Waals surface area contributed by atoms with Crippen LogP contribution >= 0.6 is 11.6 Å². The van der Waals surface area contributed by atoms with Crippen molar-refractivity contribution >= 4 is 47.4 Å². The summed E-state index contributed by atoms with van der Waals surface area (Å²) in [6, 6.07) is 20.5. The average Bonchev–Trinajstić information content (AvgIpc) is 2.88. The Morgan fingerprint density at radius 3 is 2.35 bits per heavy atom. The number of nitrogens with zero attached hydrogens (tertiary/aromatic N) is 2. The van der Waals surface area contributed by atoms with Crippen molar-refractivity contribution in [2.75, 3.05) is 25.6 Å². The van der Waals surface area contributed by atoms with E-state index < -0.39 is 24.4 Å². The van der Waals surface area contributed by atoms with Gasteiger partial charge < -0.3 is 20.1 Å². The van der Waals surface area contributed by atoms with Crippen molar-refractivity contribution < 1.29 is 24.2 Å². The molecule has 3 aromatic rings. The number of anilines is 1. The fraction of sp³-hybridized carbons (Fsp3) is 0.111. The summed E-state index contributed by atoms with van der Waals surface area (Å²) in [5, 5.41) is 15.6. The van der Waals surface area contributed by atoms with Gasteiger partial charge in [0.25, 0.3) is 11.8 Å². The van der Waals surface area contributed by atoms with Crippen LogP contribution in [0.3, 0.4) is 0 Å². The van der Waals surface area contributed by atoms with Crippen LogP contribution in [0.25, 0.3) is 6.08 Å². The first-order valence-electron chi connectivity index (χ1n) is 11.1. The van der Waals surface area contributed by atoms with Gasteiger partial charge in [0.05, 0.1) is 16.8 Å². The van der Waals surface area contributed by atoms with Crippen LogP contribution in [0, 0.1) is 0 Å². The number of hydrogen-bond donors (Lipinski definition) is 3. The van der Waals surface area contributed by atoms with Gasteiger partial charge in [-0.05, 0) is 48.0 Å². The number of hydrazone groups is 1. The quantitative estimate of drug-likeness (QED) is 0.212. The number of amides is 2. The summed E-state index contributed by atoms with van der Waals surface area (Å²) in [5.41, 5.74) is 4.62. The maximum absolute atomic E-state index is 13.0. The molecule has 0 aromatic heterocycles. The molecule has 0 heterocycles. The molecule has 0 aliphatic rings. The Labute approximate surface area is 219 Å². The van der Waals surface area contributed by atoms with Crippen molar-refractivity contribution in [1.82, 2.24) is 10.7 Å². The highest BCUT2D eigenvalue weighted by molar-refractivity contribution is 6.34. The monoisotopic (exact) mass is 520 g/mol. The van der Waals surface area contributed by atoms with Gasteiger partial charge in [0.15, 0.2) is 6.61 Å². The third-order valence-corrected chi connectivity index (χ3v) is 5.30. The molecule has 0 radical (unpaired) electrons. The number of carboxylic acids is 1. The number of para-hydroxylation sites is 1. The lowest BCUT2D eigenvalue weighted by molar-refractivity contribution is -0.139. The minimum absolute atomic E-state index is 0.0601. The van der Waals surface area contributed by atoms with Crippen LogP contribution in [0.15, 0.2) is 83.6 Å². The standard InChI is InChI=1S/C27H25ClN4O5/c1-32(2)20-13-11-18(12-14-20)15-23(30-26(35)21-8-4-5-9-22(21)28)27(36)31-29-16-19-7-3-6-10-24(19)37-17-25(33)34/h3-16H,17H2,1-2H3,(H,30,35)(H,31,36)(H,33,34)/b23-15+,29-16+. The lowest BCUT2D eigenvalue weighted by atomic mass is 10.1. The Balaban J connectivity index is 1.83. The third kappa shape index (κ3) is 7.94. The van der Waals surface area contributed by atoms with E-state index in [-0.39, 0.29) is 22.0 Å². The zero-order chi connectivity index (χ0) is 26.8. The molecular weight excluding hydrogens is 496 g/mol. The van der Waals surface area contributed by atoms with Gasteiger partial charge in [0, 0.05) is 25.3 Å². The van der Waals surface area contributed by atoms with Gasteiger partial charge in [0.1, 0.15) is 11.4 Å². The summed E-state index contributed by atoms with van der Waals surface area (Å²) in [6.07, 6.45) is 2.83. The largest absolute Gasteiger partial charge is 0.481 e. The molecule has 0 atom stereocenters. The fourth-order valence-corrected chi connectivity index (χ4v) is 3.33. The van der Waals surface area contributed by atoms with Gasteiger partial charge in [-0.25, -0.2) is 10.2 Å². The number of benzene rings is 3. The SMILES string of the molecule is CN(C)c1ccc(/C=C(/NC(=O)c2ccccc2Cl)C(=O)N/N=C/c2ccccc2OCC(=O)O)cc1. The number of nitrogens with one attached hydrogen (secondary N) is 2. The van der Waals surface area contributed by atoms with Gasteiger partial charge in [-0.3, -0.25) is 9.59 Å². The molecule has 3 rings (SSSR count). The van der Waals surface area contributed by atoms with E-state index in [0.717, 1.165) is 5.69 Å². The predicted molar refractivity (Wildman–Crippen MR) is 143 cm³/mol. The molecule has 0 aliphatic carbocycles. The topological polar surface area (TPSA) is 120 Å². The van der Waals surface area contributed by atoms with Crippen LogP contribution in [0.1, 0.15) is 21.5 Å². The van der Waals surface area contributed by atoms with Crippen molar-refractivity contribution in [2.45, 2.75) is 0 Å². The normalized spacial score (nSPS) is 11.2. The first kappa shape index (κ1) is 27.0. The molecule has 37 heavy (non-hydrogen) atoms. The van der Waals surface area contributed by atoms with Crippen LogP contribution in [0.4, 0.5) is 5.69 Å². The van der Waals surface area contributed by atoms with Crippen LogP contribution in [-0.4, -0.2) is 49.8 Å². The van der Waals surface area contributed by atoms with E-state index in [1.807, 2.05) is 43.3 Å². The lowest BCUT2D eigenvalue weighted by Crippen LogP contribution is -2.33. The van der Waals surface area contributed by atoms with E-state index in [1.54, 1.807) is 48.5 Å². The molecule has 3 aromatic carbocycles. The second kappa shape index (κ2) is 12.9. The zero-order valence-corrected chi connectivity index (χ0v) is 20.9. The van der Waals surface area contributed by atoms with Gasteiger partial charge in [0.2, 0.25) is 0 Å². The lowest BCUT2D eigenvalue weighted by Gasteiger charge is -2.13. The molecule has 190 valence electrons. The van der Waals surface area contributed by atoms with E-state index in [2.05, 4.69) is 15.8 Å². The fourth-order valence-electron chi connectivity index (χ4n) is 3.11. The molecule has 0 spiro atoms. The van der Waals surface area contributed by atoms with Crippen molar-refractivity contribution in [3.8, 4) is 5.75 Å².